The largest absolute Gasteiger partial charge is 0.348 e. The first-order valence-corrected chi connectivity index (χ1v) is 11.1. The van der Waals surface area contributed by atoms with Gasteiger partial charge in [-0.05, 0) is 49.7 Å². The van der Waals surface area contributed by atoms with Gasteiger partial charge in [0.15, 0.2) is 0 Å². The Morgan fingerprint density at radius 2 is 2.10 bits per heavy atom. The predicted octanol–water partition coefficient (Wildman–Crippen LogP) is 4.16. The molecule has 0 saturated heterocycles. The van der Waals surface area contributed by atoms with Crippen LogP contribution in [-0.4, -0.2) is 15.5 Å². The van der Waals surface area contributed by atoms with Crippen molar-refractivity contribution in [3.63, 3.8) is 0 Å². The van der Waals surface area contributed by atoms with Gasteiger partial charge in [-0.2, -0.15) is 0 Å². The Morgan fingerprint density at radius 1 is 1.34 bits per heavy atom. The van der Waals surface area contributed by atoms with E-state index in [1.54, 1.807) is 11.3 Å². The van der Waals surface area contributed by atoms with Crippen LogP contribution in [0.1, 0.15) is 54.3 Å². The molecule has 0 bridgehead atoms. The second kappa shape index (κ2) is 8.11. The fraction of sp³-hybridized carbons (Fsp3) is 0.435. The molecule has 1 N–H and O–H groups in total. The topological polar surface area (TPSA) is 64.0 Å². The van der Waals surface area contributed by atoms with Crippen LogP contribution in [0.3, 0.4) is 0 Å². The number of thiophene rings is 1. The first-order chi connectivity index (χ1) is 14.0. The minimum atomic E-state index is -0.168. The van der Waals surface area contributed by atoms with Gasteiger partial charge in [-0.15, -0.1) is 11.3 Å². The number of fused-ring (bicyclic) bond motifs is 3. The Hall–Kier alpha value is -2.47. The zero-order valence-corrected chi connectivity index (χ0v) is 18.0. The second-order valence-corrected chi connectivity index (χ2v) is 9.23. The zero-order valence-electron chi connectivity index (χ0n) is 17.2. The standard InChI is InChI=1S/C23H27N3O2S/c1-4-18(16-8-5-14(2)6-9-16)25-20(27)12-26-13-24-22-21(23(26)28)17-10-7-15(3)11-19(17)29-22/h5-6,8-9,13,15,18H,4,7,10-12H2,1-3H3,(H,25,27)/t15-,18-/m1/s1. The molecule has 3 aromatic rings. The number of nitrogens with one attached hydrogen (secondary N) is 1. The number of nitrogens with zero attached hydrogens (tertiary/aromatic N) is 2. The Balaban J connectivity index is 1.55. The normalized spacial score (nSPS) is 17.1. The molecule has 0 radical (unpaired) electrons. The highest BCUT2D eigenvalue weighted by Gasteiger charge is 2.23. The lowest BCUT2D eigenvalue weighted by Crippen LogP contribution is -2.34. The maximum atomic E-state index is 13.1. The van der Waals surface area contributed by atoms with Crippen LogP contribution in [0.5, 0.6) is 0 Å². The van der Waals surface area contributed by atoms with E-state index in [9.17, 15) is 9.59 Å². The molecule has 152 valence electrons. The molecule has 0 fully saturated rings. The molecule has 6 heteroatoms. The van der Waals surface area contributed by atoms with Crippen LogP contribution in [-0.2, 0) is 24.2 Å². The molecule has 0 unspecified atom stereocenters. The van der Waals surface area contributed by atoms with E-state index in [1.807, 2.05) is 38.1 Å². The molecular formula is C23H27N3O2S. The summed E-state index contributed by atoms with van der Waals surface area (Å²) in [4.78, 5) is 32.4. The number of amides is 1. The molecule has 2 atom stereocenters. The van der Waals surface area contributed by atoms with Gasteiger partial charge in [0, 0.05) is 4.88 Å². The number of aromatic nitrogens is 2. The Morgan fingerprint density at radius 3 is 2.83 bits per heavy atom. The van der Waals surface area contributed by atoms with Crippen LogP contribution in [0.4, 0.5) is 0 Å². The lowest BCUT2D eigenvalue weighted by atomic mass is 9.89. The smallest absolute Gasteiger partial charge is 0.262 e. The summed E-state index contributed by atoms with van der Waals surface area (Å²) in [6, 6.07) is 8.12. The number of hydrogen-bond donors (Lipinski definition) is 1. The Bertz CT molecular complexity index is 1100. The van der Waals surface area contributed by atoms with E-state index in [0.717, 1.165) is 47.0 Å². The van der Waals surface area contributed by atoms with Crippen molar-refractivity contribution in [3.05, 3.63) is 62.5 Å². The summed E-state index contributed by atoms with van der Waals surface area (Å²) < 4.78 is 1.45. The quantitative estimate of drug-likeness (QED) is 0.688. The van der Waals surface area contributed by atoms with Gasteiger partial charge in [-0.3, -0.25) is 14.2 Å². The molecule has 2 heterocycles. The van der Waals surface area contributed by atoms with Crippen molar-refractivity contribution in [2.24, 2.45) is 5.92 Å². The second-order valence-electron chi connectivity index (χ2n) is 8.15. The van der Waals surface area contributed by atoms with E-state index < -0.39 is 0 Å². The van der Waals surface area contributed by atoms with Crippen LogP contribution in [0, 0.1) is 12.8 Å². The summed E-state index contributed by atoms with van der Waals surface area (Å²) in [6.07, 6.45) is 5.35. The fourth-order valence-electron chi connectivity index (χ4n) is 4.09. The summed E-state index contributed by atoms with van der Waals surface area (Å²) >= 11 is 1.63. The lowest BCUT2D eigenvalue weighted by Gasteiger charge is -2.18. The highest BCUT2D eigenvalue weighted by molar-refractivity contribution is 7.18. The summed E-state index contributed by atoms with van der Waals surface area (Å²) in [5.41, 5.74) is 3.32. The van der Waals surface area contributed by atoms with E-state index in [2.05, 4.69) is 17.2 Å². The highest BCUT2D eigenvalue weighted by atomic mass is 32.1. The van der Waals surface area contributed by atoms with Crippen molar-refractivity contribution in [2.45, 2.75) is 59.0 Å². The number of benzene rings is 1. The van der Waals surface area contributed by atoms with Crippen LogP contribution in [0.25, 0.3) is 10.2 Å². The van der Waals surface area contributed by atoms with Crippen LogP contribution in [0.15, 0.2) is 35.4 Å². The van der Waals surface area contributed by atoms with Crippen molar-refractivity contribution in [1.82, 2.24) is 14.9 Å². The predicted molar refractivity (Wildman–Crippen MR) is 117 cm³/mol. The zero-order chi connectivity index (χ0) is 20.5. The summed E-state index contributed by atoms with van der Waals surface area (Å²) in [5.74, 6) is 0.481. The van der Waals surface area contributed by atoms with Gasteiger partial charge in [0.1, 0.15) is 11.4 Å². The van der Waals surface area contributed by atoms with Crippen LogP contribution in [0.2, 0.25) is 0 Å². The summed E-state index contributed by atoms with van der Waals surface area (Å²) in [5, 5.41) is 3.78. The minimum absolute atomic E-state index is 0.00877. The average Bonchev–Trinajstić information content (AvgIpc) is 3.07. The third-order valence-electron chi connectivity index (χ3n) is 5.82. The minimum Gasteiger partial charge on any atom is -0.348 e. The SMILES string of the molecule is CC[C@@H](NC(=O)Cn1cnc2sc3c(c2c1=O)CC[C@@H](C)C3)c1ccc(C)cc1. The molecule has 2 aromatic heterocycles. The van der Waals surface area contributed by atoms with E-state index in [1.165, 1.54) is 21.3 Å². The van der Waals surface area contributed by atoms with Gasteiger partial charge >= 0.3 is 0 Å². The number of hydrogen-bond acceptors (Lipinski definition) is 4. The van der Waals surface area contributed by atoms with Crippen molar-refractivity contribution >= 4 is 27.5 Å². The lowest BCUT2D eigenvalue weighted by molar-refractivity contribution is -0.122. The summed E-state index contributed by atoms with van der Waals surface area (Å²) in [7, 11) is 0. The number of rotatable bonds is 5. The molecule has 0 aliphatic heterocycles. The molecule has 1 aliphatic carbocycles. The van der Waals surface area contributed by atoms with E-state index >= 15 is 0 Å². The van der Waals surface area contributed by atoms with Gasteiger partial charge in [-0.25, -0.2) is 4.98 Å². The van der Waals surface area contributed by atoms with Gasteiger partial charge in [0.25, 0.3) is 5.56 Å². The molecule has 4 rings (SSSR count). The molecule has 1 aliphatic rings. The molecule has 1 amide bonds. The van der Waals surface area contributed by atoms with Crippen molar-refractivity contribution in [3.8, 4) is 0 Å². The first kappa shape index (κ1) is 19.8. The van der Waals surface area contributed by atoms with Gasteiger partial charge in [0.2, 0.25) is 5.91 Å². The summed E-state index contributed by atoms with van der Waals surface area (Å²) in [6.45, 7) is 6.33. The highest BCUT2D eigenvalue weighted by Crippen LogP contribution is 2.35. The van der Waals surface area contributed by atoms with Crippen LogP contribution >= 0.6 is 11.3 Å². The molecule has 0 spiro atoms. The van der Waals surface area contributed by atoms with Crippen LogP contribution < -0.4 is 10.9 Å². The third-order valence-corrected chi connectivity index (χ3v) is 6.98. The molecule has 0 saturated carbocycles. The third kappa shape index (κ3) is 3.99. The molecular weight excluding hydrogens is 382 g/mol. The first-order valence-electron chi connectivity index (χ1n) is 10.3. The van der Waals surface area contributed by atoms with Gasteiger partial charge < -0.3 is 5.32 Å². The average molecular weight is 410 g/mol. The number of aryl methyl sites for hydroxylation is 2. The maximum Gasteiger partial charge on any atom is 0.262 e. The van der Waals surface area contributed by atoms with E-state index in [-0.39, 0.29) is 24.1 Å². The fourth-order valence-corrected chi connectivity index (χ4v) is 5.43. The van der Waals surface area contributed by atoms with Crippen molar-refractivity contribution in [1.29, 1.82) is 0 Å². The molecule has 1 aromatic carbocycles. The Labute approximate surface area is 174 Å². The monoisotopic (exact) mass is 409 g/mol. The molecule has 5 nitrogen and oxygen atoms in total. The molecule has 29 heavy (non-hydrogen) atoms. The number of carbonyl (C=O) groups excluding carboxylic acids is 1. The Kier molecular flexibility index (Phi) is 5.54. The van der Waals surface area contributed by atoms with Gasteiger partial charge in [0.05, 0.1) is 17.8 Å². The maximum absolute atomic E-state index is 13.1. The van der Waals surface area contributed by atoms with Crippen molar-refractivity contribution in [2.75, 3.05) is 0 Å². The van der Waals surface area contributed by atoms with E-state index in [0.29, 0.717) is 5.92 Å². The van der Waals surface area contributed by atoms with E-state index in [4.69, 9.17) is 0 Å². The van der Waals surface area contributed by atoms with Gasteiger partial charge in [-0.1, -0.05) is 43.7 Å². The number of carbonyl (C=O) groups is 1. The van der Waals surface area contributed by atoms with Crippen molar-refractivity contribution < 1.29 is 4.79 Å².